The summed E-state index contributed by atoms with van der Waals surface area (Å²) in [4.78, 5) is 11.1. The lowest BCUT2D eigenvalue weighted by Gasteiger charge is -2.10. The SMILES string of the molecule is O=C(O)c1nnn(CC2CCOC2)c1C1CC1. The second kappa shape index (κ2) is 4.10. The van der Waals surface area contributed by atoms with Crippen LogP contribution in [0, 0.1) is 5.92 Å². The summed E-state index contributed by atoms with van der Waals surface area (Å²) in [5.74, 6) is -0.185. The lowest BCUT2D eigenvalue weighted by atomic mass is 10.1. The van der Waals surface area contributed by atoms with Gasteiger partial charge in [-0.3, -0.25) is 0 Å². The molecule has 0 bridgehead atoms. The maximum absolute atomic E-state index is 11.1. The van der Waals surface area contributed by atoms with Crippen molar-refractivity contribution >= 4 is 5.97 Å². The van der Waals surface area contributed by atoms with Crippen LogP contribution in [0.25, 0.3) is 0 Å². The van der Waals surface area contributed by atoms with E-state index in [0.717, 1.165) is 44.7 Å². The van der Waals surface area contributed by atoms with Crippen LogP contribution in [0.15, 0.2) is 0 Å². The molecule has 1 saturated heterocycles. The van der Waals surface area contributed by atoms with E-state index in [1.54, 1.807) is 4.68 Å². The van der Waals surface area contributed by atoms with E-state index in [0.29, 0.717) is 11.8 Å². The van der Waals surface area contributed by atoms with Crippen molar-refractivity contribution in [1.82, 2.24) is 15.0 Å². The quantitative estimate of drug-likeness (QED) is 0.841. The van der Waals surface area contributed by atoms with Gasteiger partial charge >= 0.3 is 5.97 Å². The Hall–Kier alpha value is -1.43. The van der Waals surface area contributed by atoms with E-state index in [4.69, 9.17) is 9.84 Å². The van der Waals surface area contributed by atoms with Gasteiger partial charge in [-0.15, -0.1) is 5.10 Å². The Balaban J connectivity index is 1.85. The zero-order valence-corrected chi connectivity index (χ0v) is 9.50. The molecule has 1 atom stereocenters. The summed E-state index contributed by atoms with van der Waals surface area (Å²) in [6.45, 7) is 2.27. The molecule has 92 valence electrons. The average Bonchev–Trinajstić information content (AvgIpc) is 2.85. The summed E-state index contributed by atoms with van der Waals surface area (Å²) in [6, 6.07) is 0. The molecule has 17 heavy (non-hydrogen) atoms. The molecule has 1 saturated carbocycles. The summed E-state index contributed by atoms with van der Waals surface area (Å²) in [5, 5.41) is 16.9. The summed E-state index contributed by atoms with van der Waals surface area (Å²) in [5.41, 5.74) is 0.941. The molecule has 1 aliphatic heterocycles. The highest BCUT2D eigenvalue weighted by atomic mass is 16.5. The van der Waals surface area contributed by atoms with E-state index < -0.39 is 5.97 Å². The minimum Gasteiger partial charge on any atom is -0.476 e. The Bertz CT molecular complexity index is 433. The number of carboxylic acid groups (broad SMARTS) is 1. The van der Waals surface area contributed by atoms with Crippen molar-refractivity contribution in [2.45, 2.75) is 31.7 Å². The molecule has 0 amide bonds. The monoisotopic (exact) mass is 237 g/mol. The van der Waals surface area contributed by atoms with Crippen LogP contribution in [-0.4, -0.2) is 39.3 Å². The molecule has 2 heterocycles. The molecule has 0 aromatic carbocycles. The Kier molecular flexibility index (Phi) is 2.58. The summed E-state index contributed by atoms with van der Waals surface area (Å²) in [6.07, 6.45) is 3.12. The maximum atomic E-state index is 11.1. The second-order valence-corrected chi connectivity index (χ2v) is 4.81. The Morgan fingerprint density at radius 3 is 2.88 bits per heavy atom. The largest absolute Gasteiger partial charge is 0.476 e. The first kappa shape index (κ1) is 10.7. The van der Waals surface area contributed by atoms with Crippen LogP contribution in [0.4, 0.5) is 0 Å². The van der Waals surface area contributed by atoms with Gasteiger partial charge < -0.3 is 9.84 Å². The Morgan fingerprint density at radius 1 is 1.47 bits per heavy atom. The van der Waals surface area contributed by atoms with E-state index in [1.165, 1.54) is 0 Å². The minimum absolute atomic E-state index is 0.131. The number of hydrogen-bond donors (Lipinski definition) is 1. The van der Waals surface area contributed by atoms with Crippen LogP contribution in [0.1, 0.15) is 41.4 Å². The molecule has 3 rings (SSSR count). The summed E-state index contributed by atoms with van der Waals surface area (Å²) < 4.78 is 7.10. The van der Waals surface area contributed by atoms with Crippen molar-refractivity contribution in [3.05, 3.63) is 11.4 Å². The van der Waals surface area contributed by atoms with Gasteiger partial charge in [0, 0.05) is 25.0 Å². The third-order valence-corrected chi connectivity index (χ3v) is 3.40. The normalized spacial score (nSPS) is 24.1. The van der Waals surface area contributed by atoms with E-state index in [-0.39, 0.29) is 5.69 Å². The van der Waals surface area contributed by atoms with Crippen LogP contribution in [0.2, 0.25) is 0 Å². The first-order chi connectivity index (χ1) is 8.25. The highest BCUT2D eigenvalue weighted by Gasteiger charge is 2.34. The zero-order valence-electron chi connectivity index (χ0n) is 9.50. The van der Waals surface area contributed by atoms with Crippen molar-refractivity contribution in [2.75, 3.05) is 13.2 Å². The van der Waals surface area contributed by atoms with Gasteiger partial charge in [0.05, 0.1) is 12.3 Å². The molecule has 1 N–H and O–H groups in total. The minimum atomic E-state index is -0.971. The number of aromatic carboxylic acids is 1. The third-order valence-electron chi connectivity index (χ3n) is 3.40. The lowest BCUT2D eigenvalue weighted by Crippen LogP contribution is -2.15. The zero-order chi connectivity index (χ0) is 11.8. The van der Waals surface area contributed by atoms with E-state index >= 15 is 0 Å². The van der Waals surface area contributed by atoms with Crippen molar-refractivity contribution in [1.29, 1.82) is 0 Å². The molecule has 0 spiro atoms. The van der Waals surface area contributed by atoms with Crippen molar-refractivity contribution in [3.63, 3.8) is 0 Å². The molecule has 1 aliphatic carbocycles. The molecule has 6 heteroatoms. The fourth-order valence-corrected chi connectivity index (χ4v) is 2.34. The maximum Gasteiger partial charge on any atom is 0.358 e. The molecule has 1 aromatic rings. The number of nitrogens with zero attached hydrogens (tertiary/aromatic N) is 3. The van der Waals surface area contributed by atoms with Crippen LogP contribution >= 0.6 is 0 Å². The van der Waals surface area contributed by atoms with Gasteiger partial charge in [0.25, 0.3) is 0 Å². The van der Waals surface area contributed by atoms with Crippen LogP contribution in [0.3, 0.4) is 0 Å². The Labute approximate surface area is 98.6 Å². The highest BCUT2D eigenvalue weighted by molar-refractivity contribution is 5.86. The number of hydrogen-bond acceptors (Lipinski definition) is 4. The smallest absolute Gasteiger partial charge is 0.358 e. The predicted molar refractivity (Wildman–Crippen MR) is 57.9 cm³/mol. The number of carbonyl (C=O) groups is 1. The predicted octanol–water partition coefficient (Wildman–Crippen LogP) is 0.890. The van der Waals surface area contributed by atoms with Gasteiger partial charge in [-0.25, -0.2) is 9.48 Å². The van der Waals surface area contributed by atoms with E-state index in [2.05, 4.69) is 10.3 Å². The molecule has 2 aliphatic rings. The van der Waals surface area contributed by atoms with Gasteiger partial charge in [0.2, 0.25) is 0 Å². The van der Waals surface area contributed by atoms with Crippen LogP contribution < -0.4 is 0 Å². The van der Waals surface area contributed by atoms with Crippen molar-refractivity contribution in [2.24, 2.45) is 5.92 Å². The number of aromatic nitrogens is 3. The molecule has 0 radical (unpaired) electrons. The summed E-state index contributed by atoms with van der Waals surface area (Å²) >= 11 is 0. The van der Waals surface area contributed by atoms with Crippen molar-refractivity contribution in [3.8, 4) is 0 Å². The van der Waals surface area contributed by atoms with E-state index in [9.17, 15) is 4.79 Å². The fourth-order valence-electron chi connectivity index (χ4n) is 2.34. The molecular formula is C11H15N3O3. The van der Waals surface area contributed by atoms with Gasteiger partial charge in [-0.1, -0.05) is 5.21 Å². The number of carboxylic acids is 1. The molecular weight excluding hydrogens is 222 g/mol. The molecule has 6 nitrogen and oxygen atoms in total. The molecule has 1 aromatic heterocycles. The highest BCUT2D eigenvalue weighted by Crippen LogP contribution is 2.41. The second-order valence-electron chi connectivity index (χ2n) is 4.81. The van der Waals surface area contributed by atoms with Gasteiger partial charge in [-0.2, -0.15) is 0 Å². The fraction of sp³-hybridized carbons (Fsp3) is 0.727. The van der Waals surface area contributed by atoms with Gasteiger partial charge in [0.15, 0.2) is 5.69 Å². The third kappa shape index (κ3) is 2.04. The van der Waals surface area contributed by atoms with Gasteiger partial charge in [-0.05, 0) is 19.3 Å². The number of rotatable bonds is 4. The van der Waals surface area contributed by atoms with Gasteiger partial charge in [0.1, 0.15) is 0 Å². The van der Waals surface area contributed by atoms with Crippen LogP contribution in [0.5, 0.6) is 0 Å². The molecule has 2 fully saturated rings. The Morgan fingerprint density at radius 2 is 2.29 bits per heavy atom. The topological polar surface area (TPSA) is 77.2 Å². The van der Waals surface area contributed by atoms with Crippen molar-refractivity contribution < 1.29 is 14.6 Å². The van der Waals surface area contributed by atoms with E-state index in [1.807, 2.05) is 0 Å². The molecule has 1 unspecified atom stereocenters. The summed E-state index contributed by atoms with van der Waals surface area (Å²) in [7, 11) is 0. The first-order valence-electron chi connectivity index (χ1n) is 6.00. The average molecular weight is 237 g/mol. The lowest BCUT2D eigenvalue weighted by molar-refractivity contribution is 0.0689. The number of ether oxygens (including phenoxy) is 1. The van der Waals surface area contributed by atoms with Crippen LogP contribution in [-0.2, 0) is 11.3 Å². The first-order valence-corrected chi connectivity index (χ1v) is 6.00. The standard InChI is InChI=1S/C11H15N3O3/c15-11(16)9-10(8-1-2-8)14(13-12-9)5-7-3-4-17-6-7/h7-8H,1-6H2,(H,15,16).